The molecule has 0 N–H and O–H groups in total. The van der Waals surface area contributed by atoms with Crippen LogP contribution in [0.15, 0.2) is 0 Å². The molecule has 0 saturated carbocycles. The number of rotatable bonds is 0. The molecule has 3 nitrogen and oxygen atoms in total. The first-order valence-electron chi connectivity index (χ1n) is 2.87. The summed E-state index contributed by atoms with van der Waals surface area (Å²) in [6.07, 6.45) is 0. The predicted octanol–water partition coefficient (Wildman–Crippen LogP) is 1.49. The summed E-state index contributed by atoms with van der Waals surface area (Å²) < 4.78 is 3.30. The largest absolute Gasteiger partial charge is 0.272 e. The molecule has 0 aromatic heterocycles. The molecule has 5 heteroatoms. The number of nitrogens with zero attached hydrogens (tertiary/aromatic N) is 2. The van der Waals surface area contributed by atoms with Gasteiger partial charge in [0.05, 0.1) is 22.8 Å². The van der Waals surface area contributed by atoms with Gasteiger partial charge in [-0.15, -0.1) is 0 Å². The molecule has 0 bridgehead atoms. The fraction of sp³-hybridized carbons (Fsp3) is 0.800. The van der Waals surface area contributed by atoms with E-state index in [1.54, 1.807) is 3.93 Å². The predicted molar refractivity (Wildman–Crippen MR) is 45.5 cm³/mol. The molecule has 1 heterocycles. The van der Waals surface area contributed by atoms with Crippen LogP contribution in [0.3, 0.4) is 0 Å². The molecule has 1 fully saturated rings. The van der Waals surface area contributed by atoms with Crippen molar-refractivity contribution in [1.29, 1.82) is 0 Å². The fourth-order valence-corrected chi connectivity index (χ4v) is 2.09. The van der Waals surface area contributed by atoms with Crippen molar-refractivity contribution in [2.24, 2.45) is 0 Å². The van der Waals surface area contributed by atoms with Crippen LogP contribution in [0.2, 0.25) is 0 Å². The molecule has 1 rings (SSSR count). The Morgan fingerprint density at radius 1 is 1.50 bits per heavy atom. The number of amides is 1. The van der Waals surface area contributed by atoms with Crippen molar-refractivity contribution >= 4 is 38.2 Å². The number of hydrogen-bond donors (Lipinski definition) is 0. The fourth-order valence-electron chi connectivity index (χ4n) is 0.751. The summed E-state index contributed by atoms with van der Waals surface area (Å²) in [6, 6.07) is 0. The van der Waals surface area contributed by atoms with Gasteiger partial charge in [-0.1, -0.05) is 0 Å². The second-order valence-electron chi connectivity index (χ2n) is 2.73. The lowest BCUT2D eigenvalue weighted by molar-refractivity contribution is -0.127. The Hall–Kier alpha value is 0.390. The Labute approximate surface area is 77.0 Å². The minimum absolute atomic E-state index is 0.0735. The third kappa shape index (κ3) is 1.10. The van der Waals surface area contributed by atoms with E-state index in [1.807, 2.05) is 13.8 Å². The summed E-state index contributed by atoms with van der Waals surface area (Å²) >= 11 is 6.41. The van der Waals surface area contributed by atoms with Gasteiger partial charge < -0.3 is 0 Å². The number of carbonyl (C=O) groups is 1. The monoisotopic (exact) mass is 270 g/mol. The van der Waals surface area contributed by atoms with Gasteiger partial charge in [-0.05, 0) is 13.8 Å². The van der Waals surface area contributed by atoms with Gasteiger partial charge in [0.15, 0.2) is 0 Å². The number of hydrogen-bond acceptors (Lipinski definition) is 2. The molecule has 0 aromatic rings. The Bertz CT molecular complexity index is 171. The molecule has 1 aliphatic rings. The third-order valence-electron chi connectivity index (χ3n) is 1.60. The first-order valence-corrected chi connectivity index (χ1v) is 4.29. The van der Waals surface area contributed by atoms with Crippen LogP contribution in [0.4, 0.5) is 0 Å². The highest BCUT2D eigenvalue weighted by molar-refractivity contribution is 9.08. The maximum absolute atomic E-state index is 11.2. The van der Waals surface area contributed by atoms with Gasteiger partial charge in [0.2, 0.25) is 0 Å². The van der Waals surface area contributed by atoms with Crippen molar-refractivity contribution in [3.05, 3.63) is 0 Å². The number of halogens is 2. The molecule has 0 spiro atoms. The van der Waals surface area contributed by atoms with Crippen molar-refractivity contribution in [2.45, 2.75) is 19.4 Å². The maximum Gasteiger partial charge on any atom is 0.254 e. The molecule has 1 saturated heterocycles. The second kappa shape index (κ2) is 2.46. The van der Waals surface area contributed by atoms with Gasteiger partial charge in [0, 0.05) is 16.1 Å². The van der Waals surface area contributed by atoms with Crippen LogP contribution in [0, 0.1) is 0 Å². The van der Waals surface area contributed by atoms with Gasteiger partial charge >= 0.3 is 0 Å². The Kier molecular flexibility index (Phi) is 2.09. The first-order chi connectivity index (χ1) is 4.46. The van der Waals surface area contributed by atoms with Crippen molar-refractivity contribution in [3.63, 3.8) is 0 Å². The molecule has 0 atom stereocenters. The standard InChI is InChI=1S/C5H8Br2N2O/c1-5(2)4(10)8(6)3-9(5)7/h3H2,1-2H3. The van der Waals surface area contributed by atoms with Gasteiger partial charge in [-0.3, -0.25) is 8.72 Å². The summed E-state index contributed by atoms with van der Waals surface area (Å²) in [5, 5.41) is 0. The van der Waals surface area contributed by atoms with Gasteiger partial charge in [0.25, 0.3) is 5.91 Å². The average molecular weight is 272 g/mol. The molecule has 1 amide bonds. The number of carbonyl (C=O) groups excluding carboxylic acids is 1. The summed E-state index contributed by atoms with van der Waals surface area (Å²) in [5.41, 5.74) is -0.427. The zero-order valence-electron chi connectivity index (χ0n) is 5.77. The van der Waals surface area contributed by atoms with Crippen LogP contribution in [-0.2, 0) is 4.79 Å². The Morgan fingerprint density at radius 3 is 2.10 bits per heavy atom. The van der Waals surface area contributed by atoms with Crippen molar-refractivity contribution in [3.8, 4) is 0 Å². The second-order valence-corrected chi connectivity index (χ2v) is 4.44. The smallest absolute Gasteiger partial charge is 0.254 e. The van der Waals surface area contributed by atoms with Crippen LogP contribution in [0.1, 0.15) is 13.8 Å². The summed E-state index contributed by atoms with van der Waals surface area (Å²) in [5.74, 6) is 0.0735. The van der Waals surface area contributed by atoms with Gasteiger partial charge in [-0.2, -0.15) is 0 Å². The molecular formula is C5H8Br2N2O. The van der Waals surface area contributed by atoms with Crippen LogP contribution < -0.4 is 0 Å². The topological polar surface area (TPSA) is 23.6 Å². The van der Waals surface area contributed by atoms with Crippen molar-refractivity contribution in [1.82, 2.24) is 7.85 Å². The first kappa shape index (κ1) is 8.49. The third-order valence-corrected chi connectivity index (χ3v) is 3.26. The van der Waals surface area contributed by atoms with Gasteiger partial charge in [0.1, 0.15) is 5.54 Å². The molecule has 10 heavy (non-hydrogen) atoms. The molecule has 58 valence electrons. The van der Waals surface area contributed by atoms with Crippen LogP contribution in [0.5, 0.6) is 0 Å². The molecule has 0 aliphatic carbocycles. The highest BCUT2D eigenvalue weighted by atomic mass is 79.9. The molecule has 0 aromatic carbocycles. The van der Waals surface area contributed by atoms with E-state index in [9.17, 15) is 4.79 Å². The lowest BCUT2D eigenvalue weighted by Crippen LogP contribution is -2.37. The van der Waals surface area contributed by atoms with Crippen molar-refractivity contribution < 1.29 is 4.79 Å². The van der Waals surface area contributed by atoms with E-state index in [2.05, 4.69) is 32.3 Å². The summed E-state index contributed by atoms with van der Waals surface area (Å²) in [6.45, 7) is 4.31. The minimum atomic E-state index is -0.427. The van der Waals surface area contributed by atoms with E-state index >= 15 is 0 Å². The minimum Gasteiger partial charge on any atom is -0.272 e. The van der Waals surface area contributed by atoms with Gasteiger partial charge in [-0.25, -0.2) is 3.93 Å². The highest BCUT2D eigenvalue weighted by Crippen LogP contribution is 2.30. The Morgan fingerprint density at radius 2 is 2.00 bits per heavy atom. The lowest BCUT2D eigenvalue weighted by atomic mass is 10.1. The van der Waals surface area contributed by atoms with Crippen LogP contribution >= 0.6 is 32.3 Å². The maximum atomic E-state index is 11.2. The Balaban J connectivity index is 2.85. The zero-order chi connectivity index (χ0) is 7.94. The van der Waals surface area contributed by atoms with Crippen molar-refractivity contribution in [2.75, 3.05) is 6.67 Å². The summed E-state index contributed by atoms with van der Waals surface area (Å²) in [7, 11) is 0. The van der Waals surface area contributed by atoms with E-state index in [0.717, 1.165) is 0 Å². The molecular weight excluding hydrogens is 264 g/mol. The SMILES string of the molecule is CC1(C)C(=O)N(Br)CN1Br. The van der Waals surface area contributed by atoms with E-state index in [1.165, 1.54) is 3.93 Å². The van der Waals surface area contributed by atoms with E-state index in [4.69, 9.17) is 0 Å². The lowest BCUT2D eigenvalue weighted by Gasteiger charge is -2.19. The van der Waals surface area contributed by atoms with Crippen LogP contribution in [-0.4, -0.2) is 26.0 Å². The quantitative estimate of drug-likeness (QED) is 0.624. The highest BCUT2D eigenvalue weighted by Gasteiger charge is 2.43. The van der Waals surface area contributed by atoms with E-state index < -0.39 is 5.54 Å². The zero-order valence-corrected chi connectivity index (χ0v) is 8.94. The van der Waals surface area contributed by atoms with Crippen LogP contribution in [0.25, 0.3) is 0 Å². The molecule has 0 radical (unpaired) electrons. The molecule has 0 unspecified atom stereocenters. The summed E-state index contributed by atoms with van der Waals surface area (Å²) in [4.78, 5) is 11.2. The molecule has 1 aliphatic heterocycles. The average Bonchev–Trinajstić information content (AvgIpc) is 1.97. The van der Waals surface area contributed by atoms with E-state index in [0.29, 0.717) is 6.67 Å². The normalized spacial score (nSPS) is 26.0. The van der Waals surface area contributed by atoms with E-state index in [-0.39, 0.29) is 5.91 Å².